The van der Waals surface area contributed by atoms with Crippen molar-refractivity contribution in [3.63, 3.8) is 0 Å². The molecular formula is C11H9IN2O2. The summed E-state index contributed by atoms with van der Waals surface area (Å²) >= 11 is 2.23. The SMILES string of the molecule is O=C(NCc1ccccc1I)c1cnco1. The first kappa shape index (κ1) is 11.1. The first-order valence-electron chi connectivity index (χ1n) is 4.67. The molecule has 2 aromatic rings. The summed E-state index contributed by atoms with van der Waals surface area (Å²) in [5, 5.41) is 2.76. The zero-order valence-corrected chi connectivity index (χ0v) is 10.5. The summed E-state index contributed by atoms with van der Waals surface area (Å²) < 4.78 is 6.01. The van der Waals surface area contributed by atoms with Gasteiger partial charge in [-0.2, -0.15) is 0 Å². The average molecular weight is 328 g/mol. The summed E-state index contributed by atoms with van der Waals surface area (Å²) in [6.07, 6.45) is 2.63. The highest BCUT2D eigenvalue weighted by Crippen LogP contribution is 2.11. The molecule has 0 unspecified atom stereocenters. The molecule has 2 rings (SSSR count). The van der Waals surface area contributed by atoms with E-state index in [9.17, 15) is 4.79 Å². The van der Waals surface area contributed by atoms with Gasteiger partial charge in [0.1, 0.15) is 0 Å². The van der Waals surface area contributed by atoms with Crippen molar-refractivity contribution in [3.8, 4) is 0 Å². The van der Waals surface area contributed by atoms with E-state index in [1.54, 1.807) is 0 Å². The van der Waals surface area contributed by atoms with Crippen molar-refractivity contribution < 1.29 is 9.21 Å². The van der Waals surface area contributed by atoms with Crippen LogP contribution in [-0.2, 0) is 6.54 Å². The number of halogens is 1. The second-order valence-corrected chi connectivity index (χ2v) is 4.30. The van der Waals surface area contributed by atoms with Crippen LogP contribution in [0.15, 0.2) is 41.3 Å². The number of oxazole rings is 1. The van der Waals surface area contributed by atoms with Gasteiger partial charge in [0, 0.05) is 10.1 Å². The van der Waals surface area contributed by atoms with E-state index in [1.807, 2.05) is 24.3 Å². The number of carbonyl (C=O) groups is 1. The summed E-state index contributed by atoms with van der Waals surface area (Å²) in [5.74, 6) is -0.0249. The molecule has 4 nitrogen and oxygen atoms in total. The Morgan fingerprint density at radius 2 is 2.25 bits per heavy atom. The monoisotopic (exact) mass is 328 g/mol. The molecule has 0 aliphatic carbocycles. The van der Waals surface area contributed by atoms with Crippen molar-refractivity contribution in [1.82, 2.24) is 10.3 Å². The lowest BCUT2D eigenvalue weighted by Gasteiger charge is -2.04. The van der Waals surface area contributed by atoms with Gasteiger partial charge in [-0.3, -0.25) is 4.79 Å². The number of amides is 1. The van der Waals surface area contributed by atoms with E-state index in [0.29, 0.717) is 6.54 Å². The van der Waals surface area contributed by atoms with Gasteiger partial charge in [0.25, 0.3) is 5.91 Å². The summed E-state index contributed by atoms with van der Waals surface area (Å²) in [6, 6.07) is 7.88. The maximum atomic E-state index is 11.5. The van der Waals surface area contributed by atoms with Crippen LogP contribution in [0, 0.1) is 3.57 Å². The molecule has 0 bridgehead atoms. The standard InChI is InChI=1S/C11H9IN2O2/c12-9-4-2-1-3-8(9)5-14-11(15)10-6-13-7-16-10/h1-4,6-7H,5H2,(H,14,15). The lowest BCUT2D eigenvalue weighted by molar-refractivity contribution is 0.0923. The normalized spacial score (nSPS) is 10.1. The zero-order valence-electron chi connectivity index (χ0n) is 8.31. The molecule has 0 spiro atoms. The Bertz CT molecular complexity index is 482. The molecule has 0 fully saturated rings. The van der Waals surface area contributed by atoms with Crippen molar-refractivity contribution >= 4 is 28.5 Å². The Kier molecular flexibility index (Phi) is 3.55. The van der Waals surface area contributed by atoms with Gasteiger partial charge in [-0.15, -0.1) is 0 Å². The maximum absolute atomic E-state index is 11.5. The third-order valence-electron chi connectivity index (χ3n) is 2.05. The molecule has 82 valence electrons. The molecule has 0 radical (unpaired) electrons. The molecule has 16 heavy (non-hydrogen) atoms. The molecule has 0 atom stereocenters. The van der Waals surface area contributed by atoms with Crippen LogP contribution in [-0.4, -0.2) is 10.9 Å². The molecule has 0 saturated heterocycles. The van der Waals surface area contributed by atoms with Crippen LogP contribution in [0.4, 0.5) is 0 Å². The minimum atomic E-state index is -0.253. The number of carbonyl (C=O) groups excluding carboxylic acids is 1. The van der Waals surface area contributed by atoms with E-state index in [0.717, 1.165) is 9.13 Å². The number of nitrogens with zero attached hydrogens (tertiary/aromatic N) is 1. The van der Waals surface area contributed by atoms with Crippen LogP contribution < -0.4 is 5.32 Å². The molecule has 1 heterocycles. The minimum absolute atomic E-state index is 0.228. The quantitative estimate of drug-likeness (QED) is 0.879. The highest BCUT2D eigenvalue weighted by molar-refractivity contribution is 14.1. The van der Waals surface area contributed by atoms with Gasteiger partial charge in [-0.1, -0.05) is 18.2 Å². The number of benzene rings is 1. The largest absolute Gasteiger partial charge is 0.438 e. The van der Waals surface area contributed by atoms with Crippen molar-refractivity contribution in [2.45, 2.75) is 6.54 Å². The molecule has 1 aromatic carbocycles. The average Bonchev–Trinajstić information content (AvgIpc) is 2.81. The third-order valence-corrected chi connectivity index (χ3v) is 3.11. The van der Waals surface area contributed by atoms with E-state index in [2.05, 4.69) is 32.9 Å². The lowest BCUT2D eigenvalue weighted by atomic mass is 10.2. The summed E-state index contributed by atoms with van der Waals surface area (Å²) in [6.45, 7) is 0.485. The number of hydrogen-bond acceptors (Lipinski definition) is 3. The molecule has 0 saturated carbocycles. The van der Waals surface area contributed by atoms with Gasteiger partial charge < -0.3 is 9.73 Å². The van der Waals surface area contributed by atoms with Crippen LogP contribution in [0.2, 0.25) is 0 Å². The van der Waals surface area contributed by atoms with E-state index < -0.39 is 0 Å². The minimum Gasteiger partial charge on any atom is -0.438 e. The molecule has 1 aromatic heterocycles. The summed E-state index contributed by atoms with van der Waals surface area (Å²) in [4.78, 5) is 15.2. The number of aromatic nitrogens is 1. The van der Waals surface area contributed by atoms with Gasteiger partial charge in [0.15, 0.2) is 6.39 Å². The Labute approximate surface area is 106 Å². The van der Waals surface area contributed by atoms with Crippen LogP contribution in [0.1, 0.15) is 16.1 Å². The fraction of sp³-hybridized carbons (Fsp3) is 0.0909. The first-order valence-corrected chi connectivity index (χ1v) is 5.75. The smallest absolute Gasteiger partial charge is 0.288 e. The van der Waals surface area contributed by atoms with Crippen LogP contribution in [0.5, 0.6) is 0 Å². The molecule has 0 aliphatic rings. The Hall–Kier alpha value is -1.37. The zero-order chi connectivity index (χ0) is 11.4. The lowest BCUT2D eigenvalue weighted by Crippen LogP contribution is -2.22. The Morgan fingerprint density at radius 3 is 2.94 bits per heavy atom. The van der Waals surface area contributed by atoms with Gasteiger partial charge in [-0.05, 0) is 34.2 Å². The van der Waals surface area contributed by atoms with E-state index in [1.165, 1.54) is 12.6 Å². The molecule has 1 amide bonds. The highest BCUT2D eigenvalue weighted by Gasteiger charge is 2.08. The number of rotatable bonds is 3. The topological polar surface area (TPSA) is 55.1 Å². The van der Waals surface area contributed by atoms with E-state index >= 15 is 0 Å². The highest BCUT2D eigenvalue weighted by atomic mass is 127. The summed E-state index contributed by atoms with van der Waals surface area (Å²) in [5.41, 5.74) is 1.08. The van der Waals surface area contributed by atoms with Gasteiger partial charge in [0.2, 0.25) is 5.76 Å². The Balaban J connectivity index is 1.98. The maximum Gasteiger partial charge on any atom is 0.288 e. The van der Waals surface area contributed by atoms with Crippen molar-refractivity contribution in [1.29, 1.82) is 0 Å². The van der Waals surface area contributed by atoms with Gasteiger partial charge >= 0.3 is 0 Å². The third kappa shape index (κ3) is 2.60. The number of nitrogens with one attached hydrogen (secondary N) is 1. The molecule has 0 aliphatic heterocycles. The predicted octanol–water partition coefficient (Wildman–Crippen LogP) is 2.21. The van der Waals surface area contributed by atoms with Gasteiger partial charge in [-0.25, -0.2) is 4.98 Å². The number of hydrogen-bond donors (Lipinski definition) is 1. The van der Waals surface area contributed by atoms with E-state index in [-0.39, 0.29) is 11.7 Å². The summed E-state index contributed by atoms with van der Waals surface area (Å²) in [7, 11) is 0. The van der Waals surface area contributed by atoms with Gasteiger partial charge in [0.05, 0.1) is 6.20 Å². The fourth-order valence-electron chi connectivity index (χ4n) is 1.23. The second-order valence-electron chi connectivity index (χ2n) is 3.14. The first-order chi connectivity index (χ1) is 7.77. The van der Waals surface area contributed by atoms with Crippen LogP contribution in [0.3, 0.4) is 0 Å². The fourth-order valence-corrected chi connectivity index (χ4v) is 1.81. The van der Waals surface area contributed by atoms with Crippen molar-refractivity contribution in [2.24, 2.45) is 0 Å². The van der Waals surface area contributed by atoms with Crippen LogP contribution >= 0.6 is 22.6 Å². The second kappa shape index (κ2) is 5.11. The molecule has 1 N–H and O–H groups in total. The predicted molar refractivity (Wildman–Crippen MR) is 66.8 cm³/mol. The van der Waals surface area contributed by atoms with Crippen molar-refractivity contribution in [3.05, 3.63) is 51.7 Å². The van der Waals surface area contributed by atoms with E-state index in [4.69, 9.17) is 4.42 Å². The Morgan fingerprint density at radius 1 is 1.44 bits per heavy atom. The van der Waals surface area contributed by atoms with Crippen LogP contribution in [0.25, 0.3) is 0 Å². The van der Waals surface area contributed by atoms with Crippen molar-refractivity contribution in [2.75, 3.05) is 0 Å². The molecular weight excluding hydrogens is 319 g/mol. The molecule has 5 heteroatoms.